The second-order valence-corrected chi connectivity index (χ2v) is 5.64. The van der Waals surface area contributed by atoms with Gasteiger partial charge in [0, 0.05) is 11.7 Å². The zero-order valence-electron chi connectivity index (χ0n) is 11.0. The lowest BCUT2D eigenvalue weighted by Crippen LogP contribution is -2.09. The Morgan fingerprint density at radius 1 is 1.50 bits per heavy atom. The molecule has 0 amide bonds. The molecule has 1 aromatic carbocycles. The Kier molecular flexibility index (Phi) is 6.19. The third-order valence-electron chi connectivity index (χ3n) is 2.72. The highest BCUT2D eigenvalue weighted by molar-refractivity contribution is 8.00. The Balaban J connectivity index is 2.52. The van der Waals surface area contributed by atoms with Crippen LogP contribution in [0.3, 0.4) is 0 Å². The minimum absolute atomic E-state index is 0.130. The largest absolute Gasteiger partial charge is 0.494 e. The van der Waals surface area contributed by atoms with Crippen molar-refractivity contribution in [3.05, 3.63) is 29.6 Å². The first kappa shape index (κ1) is 15.0. The summed E-state index contributed by atoms with van der Waals surface area (Å²) < 4.78 is 18.3. The average molecular weight is 270 g/mol. The fourth-order valence-electron chi connectivity index (χ4n) is 1.45. The number of hydrogen-bond acceptors (Lipinski definition) is 3. The van der Waals surface area contributed by atoms with E-state index in [2.05, 4.69) is 13.8 Å². The molecule has 1 rings (SSSR count). The topological polar surface area (TPSA) is 26.3 Å². The Morgan fingerprint density at radius 3 is 2.78 bits per heavy atom. The zero-order valence-corrected chi connectivity index (χ0v) is 11.8. The molecule has 0 radical (unpaired) electrons. The van der Waals surface area contributed by atoms with Crippen LogP contribution in [0.4, 0.5) is 4.39 Å². The standard InChI is InChI=1S/C14H19FO2S/c1-4-10(2)18-9-12(16)7-11-5-6-14(17-3)13(15)8-11/h5-6,8,10H,4,7,9H2,1-3H3. The summed E-state index contributed by atoms with van der Waals surface area (Å²) in [6.07, 6.45) is 1.33. The van der Waals surface area contributed by atoms with Gasteiger partial charge < -0.3 is 4.74 Å². The lowest BCUT2D eigenvalue weighted by Gasteiger charge is -2.08. The quantitative estimate of drug-likeness (QED) is 0.759. The number of carbonyl (C=O) groups is 1. The maximum Gasteiger partial charge on any atom is 0.165 e. The lowest BCUT2D eigenvalue weighted by molar-refractivity contribution is -0.116. The van der Waals surface area contributed by atoms with Crippen molar-refractivity contribution < 1.29 is 13.9 Å². The minimum atomic E-state index is -0.419. The smallest absolute Gasteiger partial charge is 0.165 e. The molecule has 100 valence electrons. The van der Waals surface area contributed by atoms with Crippen molar-refractivity contribution in [2.45, 2.75) is 31.9 Å². The summed E-state index contributed by atoms with van der Waals surface area (Å²) in [6, 6.07) is 4.65. The molecule has 18 heavy (non-hydrogen) atoms. The number of methoxy groups -OCH3 is 1. The van der Waals surface area contributed by atoms with Crippen LogP contribution < -0.4 is 4.74 Å². The third kappa shape index (κ3) is 4.69. The molecule has 0 N–H and O–H groups in total. The van der Waals surface area contributed by atoms with Crippen LogP contribution in [0.2, 0.25) is 0 Å². The van der Waals surface area contributed by atoms with Gasteiger partial charge in [-0.15, -0.1) is 0 Å². The molecule has 4 heteroatoms. The number of carbonyl (C=O) groups excluding carboxylic acids is 1. The van der Waals surface area contributed by atoms with Gasteiger partial charge in [-0.05, 0) is 24.1 Å². The number of benzene rings is 1. The predicted molar refractivity (Wildman–Crippen MR) is 73.9 cm³/mol. The highest BCUT2D eigenvalue weighted by Crippen LogP contribution is 2.19. The first-order valence-electron chi connectivity index (χ1n) is 6.02. The summed E-state index contributed by atoms with van der Waals surface area (Å²) in [7, 11) is 1.42. The minimum Gasteiger partial charge on any atom is -0.494 e. The number of ether oxygens (including phenoxy) is 1. The van der Waals surface area contributed by atoms with Gasteiger partial charge in [-0.25, -0.2) is 4.39 Å². The number of halogens is 1. The Hall–Kier alpha value is -1.03. The van der Waals surface area contributed by atoms with Gasteiger partial charge in [-0.2, -0.15) is 11.8 Å². The summed E-state index contributed by atoms with van der Waals surface area (Å²) in [4.78, 5) is 11.7. The summed E-state index contributed by atoms with van der Waals surface area (Å²) in [5.41, 5.74) is 0.697. The molecule has 0 saturated carbocycles. The van der Waals surface area contributed by atoms with Crippen molar-refractivity contribution in [1.82, 2.24) is 0 Å². The molecule has 0 bridgehead atoms. The van der Waals surface area contributed by atoms with Crippen LogP contribution in [0.15, 0.2) is 18.2 Å². The van der Waals surface area contributed by atoms with Crippen molar-refractivity contribution in [3.8, 4) is 5.75 Å². The molecule has 1 atom stereocenters. The van der Waals surface area contributed by atoms with E-state index in [0.29, 0.717) is 16.6 Å². The van der Waals surface area contributed by atoms with E-state index in [0.717, 1.165) is 6.42 Å². The van der Waals surface area contributed by atoms with Gasteiger partial charge in [0.2, 0.25) is 0 Å². The van der Waals surface area contributed by atoms with Crippen LogP contribution in [-0.2, 0) is 11.2 Å². The average Bonchev–Trinajstić information content (AvgIpc) is 2.36. The summed E-state index contributed by atoms with van der Waals surface area (Å²) in [6.45, 7) is 4.20. The van der Waals surface area contributed by atoms with Crippen LogP contribution >= 0.6 is 11.8 Å². The van der Waals surface area contributed by atoms with E-state index in [1.807, 2.05) is 0 Å². The molecule has 0 heterocycles. The second-order valence-electron chi connectivity index (χ2n) is 4.21. The van der Waals surface area contributed by atoms with E-state index in [9.17, 15) is 9.18 Å². The molecule has 0 aromatic heterocycles. The van der Waals surface area contributed by atoms with E-state index < -0.39 is 5.82 Å². The highest BCUT2D eigenvalue weighted by Gasteiger charge is 2.09. The van der Waals surface area contributed by atoms with Gasteiger partial charge in [0.15, 0.2) is 11.6 Å². The van der Waals surface area contributed by atoms with Gasteiger partial charge >= 0.3 is 0 Å². The van der Waals surface area contributed by atoms with E-state index in [1.54, 1.807) is 23.9 Å². The summed E-state index contributed by atoms with van der Waals surface area (Å²) >= 11 is 1.65. The van der Waals surface area contributed by atoms with Crippen LogP contribution in [0.5, 0.6) is 5.75 Å². The lowest BCUT2D eigenvalue weighted by atomic mass is 10.1. The molecular weight excluding hydrogens is 251 g/mol. The van der Waals surface area contributed by atoms with Crippen molar-refractivity contribution in [3.63, 3.8) is 0 Å². The van der Waals surface area contributed by atoms with Crippen LogP contribution in [0.1, 0.15) is 25.8 Å². The molecule has 1 aromatic rings. The molecule has 2 nitrogen and oxygen atoms in total. The number of thioether (sulfide) groups is 1. The Bertz CT molecular complexity index is 407. The fraction of sp³-hybridized carbons (Fsp3) is 0.500. The Labute approximate surface area is 112 Å². The van der Waals surface area contributed by atoms with Crippen molar-refractivity contribution in [2.24, 2.45) is 0 Å². The van der Waals surface area contributed by atoms with Crippen LogP contribution in [0, 0.1) is 5.82 Å². The number of hydrogen-bond donors (Lipinski definition) is 0. The molecule has 0 spiro atoms. The zero-order chi connectivity index (χ0) is 13.5. The third-order valence-corrected chi connectivity index (χ3v) is 4.11. The van der Waals surface area contributed by atoms with E-state index >= 15 is 0 Å². The Morgan fingerprint density at radius 2 is 2.22 bits per heavy atom. The number of Topliss-reactive ketones (excluding diaryl/α,β-unsaturated/α-hetero) is 1. The maximum absolute atomic E-state index is 13.4. The maximum atomic E-state index is 13.4. The van der Waals surface area contributed by atoms with Crippen LogP contribution in [0.25, 0.3) is 0 Å². The van der Waals surface area contributed by atoms with E-state index in [4.69, 9.17) is 4.74 Å². The van der Waals surface area contributed by atoms with Crippen molar-refractivity contribution in [2.75, 3.05) is 12.9 Å². The van der Waals surface area contributed by atoms with Gasteiger partial charge in [0.05, 0.1) is 12.9 Å². The van der Waals surface area contributed by atoms with Gasteiger partial charge in [-0.1, -0.05) is 19.9 Å². The second kappa shape index (κ2) is 7.41. The van der Waals surface area contributed by atoms with Gasteiger partial charge in [0.1, 0.15) is 5.78 Å². The number of ketones is 1. The molecule has 0 fully saturated rings. The SMILES string of the molecule is CCC(C)SCC(=O)Cc1ccc(OC)c(F)c1. The van der Waals surface area contributed by atoms with E-state index in [1.165, 1.54) is 13.2 Å². The van der Waals surface area contributed by atoms with Gasteiger partial charge in [-0.3, -0.25) is 4.79 Å². The van der Waals surface area contributed by atoms with Crippen molar-refractivity contribution in [1.29, 1.82) is 0 Å². The number of rotatable bonds is 7. The van der Waals surface area contributed by atoms with Crippen LogP contribution in [-0.4, -0.2) is 23.9 Å². The van der Waals surface area contributed by atoms with Crippen molar-refractivity contribution >= 4 is 17.5 Å². The summed E-state index contributed by atoms with van der Waals surface area (Å²) in [5, 5.41) is 0.488. The van der Waals surface area contributed by atoms with Gasteiger partial charge in [0.25, 0.3) is 0 Å². The first-order valence-corrected chi connectivity index (χ1v) is 7.07. The molecule has 0 aliphatic carbocycles. The molecule has 1 unspecified atom stereocenters. The molecule has 0 aliphatic rings. The first-order chi connectivity index (χ1) is 8.56. The monoisotopic (exact) mass is 270 g/mol. The molecule has 0 saturated heterocycles. The normalized spacial score (nSPS) is 12.2. The fourth-order valence-corrected chi connectivity index (χ4v) is 2.26. The molecular formula is C14H19FO2S. The van der Waals surface area contributed by atoms with E-state index in [-0.39, 0.29) is 18.0 Å². The molecule has 0 aliphatic heterocycles. The predicted octanol–water partition coefficient (Wildman–Crippen LogP) is 3.48. The summed E-state index contributed by atoms with van der Waals surface area (Å²) in [5.74, 6) is 0.408. The highest BCUT2D eigenvalue weighted by atomic mass is 32.2.